The summed E-state index contributed by atoms with van der Waals surface area (Å²) in [5.41, 5.74) is 2.81. The van der Waals surface area contributed by atoms with Gasteiger partial charge in [0.25, 0.3) is 0 Å². The molecule has 0 unspecified atom stereocenters. The van der Waals surface area contributed by atoms with E-state index in [1.54, 1.807) is 0 Å². The Morgan fingerprint density at radius 3 is 2.45 bits per heavy atom. The van der Waals surface area contributed by atoms with Crippen molar-refractivity contribution in [2.75, 3.05) is 13.2 Å². The monoisotopic (exact) mass is 305 g/mol. The molecule has 22 heavy (non-hydrogen) atoms. The lowest BCUT2D eigenvalue weighted by Crippen LogP contribution is -2.40. The Morgan fingerprint density at radius 1 is 1.14 bits per heavy atom. The van der Waals surface area contributed by atoms with Crippen molar-refractivity contribution < 1.29 is 14.0 Å². The Kier molecular flexibility index (Phi) is 3.77. The van der Waals surface area contributed by atoms with Gasteiger partial charge in [0.2, 0.25) is 0 Å². The fourth-order valence-electron chi connectivity index (χ4n) is 4.39. The largest absolute Gasteiger partial charge is 0.364 e. The molecule has 2 aliphatic carbocycles. The van der Waals surface area contributed by atoms with Crippen molar-refractivity contribution in [3.05, 3.63) is 17.5 Å². The molecular formula is C18H27NO3. The molecule has 0 amide bonds. The fourth-order valence-corrected chi connectivity index (χ4v) is 4.39. The zero-order valence-corrected chi connectivity index (χ0v) is 13.6. The smallest absolute Gasteiger partial charge is 0.168 e. The van der Waals surface area contributed by atoms with Crippen LogP contribution >= 0.6 is 0 Å². The first kappa shape index (κ1) is 14.7. The zero-order chi connectivity index (χ0) is 15.0. The highest BCUT2D eigenvalue weighted by Gasteiger charge is 2.47. The van der Waals surface area contributed by atoms with Gasteiger partial charge in [0, 0.05) is 18.4 Å². The lowest BCUT2D eigenvalue weighted by Gasteiger charge is -2.44. The van der Waals surface area contributed by atoms with Crippen LogP contribution < -0.4 is 0 Å². The standard InChI is InChI=1S/C18H27NO3/c1-14-16(13-22-19-14)4-5-17(12-15-2-3-15)6-8-18(9-7-17)20-10-11-21-18/h13,15H,2-12H2,1H3. The van der Waals surface area contributed by atoms with E-state index in [0.717, 1.165) is 44.1 Å². The molecule has 1 aromatic heterocycles. The van der Waals surface area contributed by atoms with Gasteiger partial charge in [0.15, 0.2) is 5.79 Å². The Hall–Kier alpha value is -0.870. The van der Waals surface area contributed by atoms with Crippen LogP contribution in [0.2, 0.25) is 0 Å². The predicted molar refractivity (Wildman–Crippen MR) is 82.4 cm³/mol. The van der Waals surface area contributed by atoms with Crippen LogP contribution in [0.1, 0.15) is 62.6 Å². The second-order valence-corrected chi connectivity index (χ2v) is 7.68. The molecule has 2 saturated carbocycles. The first-order valence-electron chi connectivity index (χ1n) is 8.87. The van der Waals surface area contributed by atoms with Gasteiger partial charge in [0.05, 0.1) is 18.9 Å². The Balaban J connectivity index is 1.42. The molecule has 0 atom stereocenters. The van der Waals surface area contributed by atoms with Gasteiger partial charge in [-0.2, -0.15) is 0 Å². The zero-order valence-electron chi connectivity index (χ0n) is 13.6. The Bertz CT molecular complexity index is 504. The molecule has 0 bridgehead atoms. The molecule has 1 aliphatic heterocycles. The van der Waals surface area contributed by atoms with Crippen molar-refractivity contribution in [2.24, 2.45) is 11.3 Å². The normalized spacial score (nSPS) is 26.6. The van der Waals surface area contributed by atoms with Gasteiger partial charge in [0.1, 0.15) is 6.26 Å². The van der Waals surface area contributed by atoms with Crippen LogP contribution in [0.5, 0.6) is 0 Å². The highest BCUT2D eigenvalue weighted by molar-refractivity contribution is 5.13. The number of aryl methyl sites for hydroxylation is 2. The Morgan fingerprint density at radius 2 is 1.86 bits per heavy atom. The lowest BCUT2D eigenvalue weighted by atomic mass is 9.66. The maximum absolute atomic E-state index is 5.92. The average molecular weight is 305 g/mol. The minimum Gasteiger partial charge on any atom is -0.364 e. The Labute approximate surface area is 132 Å². The first-order valence-corrected chi connectivity index (χ1v) is 8.87. The maximum atomic E-state index is 5.92. The number of nitrogens with zero attached hydrogens (tertiary/aromatic N) is 1. The minimum absolute atomic E-state index is 0.236. The van der Waals surface area contributed by atoms with Crippen LogP contribution in [-0.4, -0.2) is 24.2 Å². The van der Waals surface area contributed by atoms with E-state index in [1.807, 2.05) is 13.2 Å². The average Bonchev–Trinajstić information content (AvgIpc) is 3.05. The number of rotatable bonds is 5. The minimum atomic E-state index is -0.236. The topological polar surface area (TPSA) is 44.5 Å². The van der Waals surface area contributed by atoms with Gasteiger partial charge in [-0.15, -0.1) is 0 Å². The number of hydrogen-bond donors (Lipinski definition) is 0. The van der Waals surface area contributed by atoms with Gasteiger partial charge in [-0.25, -0.2) is 0 Å². The predicted octanol–water partition coefficient (Wildman–Crippen LogP) is 4.02. The van der Waals surface area contributed by atoms with Gasteiger partial charge in [-0.05, 0) is 50.4 Å². The maximum Gasteiger partial charge on any atom is 0.168 e. The molecule has 0 N–H and O–H groups in total. The summed E-state index contributed by atoms with van der Waals surface area (Å²) in [4.78, 5) is 0. The van der Waals surface area contributed by atoms with E-state index in [0.29, 0.717) is 5.41 Å². The van der Waals surface area contributed by atoms with Crippen LogP contribution in [0, 0.1) is 18.3 Å². The van der Waals surface area contributed by atoms with Crippen molar-refractivity contribution in [3.8, 4) is 0 Å². The molecule has 1 saturated heterocycles. The van der Waals surface area contributed by atoms with E-state index in [4.69, 9.17) is 14.0 Å². The number of ether oxygens (including phenoxy) is 2. The van der Waals surface area contributed by atoms with Gasteiger partial charge < -0.3 is 14.0 Å². The van der Waals surface area contributed by atoms with Gasteiger partial charge >= 0.3 is 0 Å². The molecule has 1 spiro atoms. The van der Waals surface area contributed by atoms with Gasteiger partial charge in [-0.1, -0.05) is 18.0 Å². The van der Waals surface area contributed by atoms with Crippen molar-refractivity contribution in [1.82, 2.24) is 5.16 Å². The highest BCUT2D eigenvalue weighted by Crippen LogP contribution is 2.53. The summed E-state index contributed by atoms with van der Waals surface area (Å²) >= 11 is 0. The van der Waals surface area contributed by atoms with Crippen LogP contribution in [0.4, 0.5) is 0 Å². The SMILES string of the molecule is Cc1nocc1CCC1(CC2CC2)CCC2(CC1)OCCO2. The summed E-state index contributed by atoms with van der Waals surface area (Å²) in [6.07, 6.45) is 13.1. The molecule has 3 fully saturated rings. The summed E-state index contributed by atoms with van der Waals surface area (Å²) in [7, 11) is 0. The summed E-state index contributed by atoms with van der Waals surface area (Å²) < 4.78 is 16.9. The number of hydrogen-bond acceptors (Lipinski definition) is 4. The summed E-state index contributed by atoms with van der Waals surface area (Å²) in [6.45, 7) is 3.59. The van der Waals surface area contributed by atoms with Crippen molar-refractivity contribution >= 4 is 0 Å². The molecule has 1 aromatic rings. The van der Waals surface area contributed by atoms with Crippen LogP contribution in [-0.2, 0) is 15.9 Å². The van der Waals surface area contributed by atoms with E-state index in [1.165, 1.54) is 44.1 Å². The second-order valence-electron chi connectivity index (χ2n) is 7.68. The van der Waals surface area contributed by atoms with Gasteiger partial charge in [-0.3, -0.25) is 0 Å². The summed E-state index contributed by atoms with van der Waals surface area (Å²) in [6, 6.07) is 0. The molecular weight excluding hydrogens is 278 g/mol. The van der Waals surface area contributed by atoms with E-state index in [9.17, 15) is 0 Å². The van der Waals surface area contributed by atoms with Crippen LogP contribution in [0.25, 0.3) is 0 Å². The molecule has 0 radical (unpaired) electrons. The summed E-state index contributed by atoms with van der Waals surface area (Å²) in [5.74, 6) is 0.739. The number of aromatic nitrogens is 1. The third-order valence-electron chi connectivity index (χ3n) is 6.08. The molecule has 4 rings (SSSR count). The molecule has 4 nitrogen and oxygen atoms in total. The van der Waals surface area contributed by atoms with E-state index < -0.39 is 0 Å². The van der Waals surface area contributed by atoms with Crippen LogP contribution in [0.3, 0.4) is 0 Å². The molecule has 3 aliphatic rings. The van der Waals surface area contributed by atoms with Crippen molar-refractivity contribution in [1.29, 1.82) is 0 Å². The van der Waals surface area contributed by atoms with E-state index in [2.05, 4.69) is 5.16 Å². The molecule has 122 valence electrons. The second kappa shape index (κ2) is 5.64. The van der Waals surface area contributed by atoms with E-state index >= 15 is 0 Å². The van der Waals surface area contributed by atoms with E-state index in [-0.39, 0.29) is 5.79 Å². The third-order valence-corrected chi connectivity index (χ3v) is 6.08. The van der Waals surface area contributed by atoms with Crippen LogP contribution in [0.15, 0.2) is 10.8 Å². The molecule has 4 heteroatoms. The lowest BCUT2D eigenvalue weighted by molar-refractivity contribution is -0.193. The third kappa shape index (κ3) is 2.95. The molecule has 0 aromatic carbocycles. The van der Waals surface area contributed by atoms with Crippen molar-refractivity contribution in [2.45, 2.75) is 70.5 Å². The molecule has 2 heterocycles. The first-order chi connectivity index (χ1) is 10.7. The fraction of sp³-hybridized carbons (Fsp3) is 0.833. The highest BCUT2D eigenvalue weighted by atomic mass is 16.7. The van der Waals surface area contributed by atoms with Crippen molar-refractivity contribution in [3.63, 3.8) is 0 Å². The quantitative estimate of drug-likeness (QED) is 0.824. The summed E-state index contributed by atoms with van der Waals surface area (Å²) in [5, 5.41) is 4.02.